The number of nitrogens with one attached hydrogen (secondary N) is 1. The Balaban J connectivity index is 2.67. The molecule has 6 heteroatoms. The lowest BCUT2D eigenvalue weighted by Gasteiger charge is -2.00. The van der Waals surface area contributed by atoms with E-state index in [1.807, 2.05) is 0 Å². The zero-order valence-electron chi connectivity index (χ0n) is 9.01. The number of hydrazone groups is 1. The summed E-state index contributed by atoms with van der Waals surface area (Å²) in [5.74, 6) is -0.363. The number of oxime groups is 1. The first-order chi connectivity index (χ1) is 7.65. The molecular weight excluding hydrogens is 208 g/mol. The Kier molecular flexibility index (Phi) is 4.14. The quantitative estimate of drug-likeness (QED) is 0.453. The molecule has 1 amide bonds. The van der Waals surface area contributed by atoms with Crippen molar-refractivity contribution in [3.05, 3.63) is 30.1 Å². The highest BCUT2D eigenvalue weighted by Crippen LogP contribution is 1.94. The topological polar surface area (TPSA) is 86.9 Å². The SMILES string of the molecule is CC(=N\O)/C(C)=N/NC(=O)c1cccnc1. The normalized spacial score (nSPS) is 12.4. The molecule has 0 aliphatic heterocycles. The number of carbonyl (C=O) groups is 1. The van der Waals surface area contributed by atoms with Gasteiger partial charge in [-0.25, -0.2) is 5.43 Å². The van der Waals surface area contributed by atoms with E-state index >= 15 is 0 Å². The summed E-state index contributed by atoms with van der Waals surface area (Å²) in [5, 5.41) is 15.2. The molecule has 0 spiro atoms. The number of pyridine rings is 1. The third-order valence-corrected chi connectivity index (χ3v) is 1.92. The van der Waals surface area contributed by atoms with Crippen LogP contribution in [-0.2, 0) is 0 Å². The third kappa shape index (κ3) is 3.16. The Bertz CT molecular complexity index is 426. The lowest BCUT2D eigenvalue weighted by Crippen LogP contribution is -2.21. The fourth-order valence-electron chi connectivity index (χ4n) is 0.850. The summed E-state index contributed by atoms with van der Waals surface area (Å²) >= 11 is 0. The Morgan fingerprint density at radius 1 is 1.44 bits per heavy atom. The van der Waals surface area contributed by atoms with Crippen LogP contribution in [0, 0.1) is 0 Å². The Hall–Kier alpha value is -2.24. The van der Waals surface area contributed by atoms with E-state index in [-0.39, 0.29) is 5.91 Å². The van der Waals surface area contributed by atoms with Crippen LogP contribution >= 0.6 is 0 Å². The molecule has 2 N–H and O–H groups in total. The summed E-state index contributed by atoms with van der Waals surface area (Å²) in [6, 6.07) is 3.28. The van der Waals surface area contributed by atoms with Gasteiger partial charge in [0.1, 0.15) is 0 Å². The first-order valence-corrected chi connectivity index (χ1v) is 4.59. The maximum absolute atomic E-state index is 11.5. The minimum atomic E-state index is -0.363. The van der Waals surface area contributed by atoms with E-state index in [1.165, 1.54) is 6.20 Å². The van der Waals surface area contributed by atoms with Crippen LogP contribution in [0.2, 0.25) is 0 Å². The second kappa shape index (κ2) is 5.59. The predicted octanol–water partition coefficient (Wildman–Crippen LogP) is 1.04. The van der Waals surface area contributed by atoms with Crippen molar-refractivity contribution in [2.45, 2.75) is 13.8 Å². The van der Waals surface area contributed by atoms with Crippen LogP contribution in [0.4, 0.5) is 0 Å². The molecule has 0 bridgehead atoms. The van der Waals surface area contributed by atoms with Crippen molar-refractivity contribution in [2.75, 3.05) is 0 Å². The minimum Gasteiger partial charge on any atom is -0.411 e. The van der Waals surface area contributed by atoms with Gasteiger partial charge >= 0.3 is 0 Å². The van der Waals surface area contributed by atoms with Gasteiger partial charge in [-0.1, -0.05) is 5.16 Å². The molecule has 16 heavy (non-hydrogen) atoms. The number of nitrogens with zero attached hydrogens (tertiary/aromatic N) is 3. The van der Waals surface area contributed by atoms with Crippen molar-refractivity contribution >= 4 is 17.3 Å². The zero-order valence-corrected chi connectivity index (χ0v) is 9.01. The van der Waals surface area contributed by atoms with Crippen LogP contribution in [0.1, 0.15) is 24.2 Å². The molecule has 1 heterocycles. The van der Waals surface area contributed by atoms with Crippen molar-refractivity contribution in [1.29, 1.82) is 0 Å². The molecule has 0 saturated carbocycles. The molecule has 1 aromatic rings. The number of amides is 1. The average Bonchev–Trinajstić information content (AvgIpc) is 2.35. The van der Waals surface area contributed by atoms with Gasteiger partial charge in [-0.05, 0) is 26.0 Å². The minimum absolute atomic E-state index is 0.339. The fraction of sp³-hybridized carbons (Fsp3) is 0.200. The molecule has 6 nitrogen and oxygen atoms in total. The number of hydrogen-bond donors (Lipinski definition) is 2. The molecule has 1 aromatic heterocycles. The molecule has 0 atom stereocenters. The van der Waals surface area contributed by atoms with Crippen LogP contribution in [0.25, 0.3) is 0 Å². The predicted molar refractivity (Wildman–Crippen MR) is 59.7 cm³/mol. The summed E-state index contributed by atoms with van der Waals surface area (Å²) in [5.41, 5.74) is 3.52. The van der Waals surface area contributed by atoms with E-state index in [1.54, 1.807) is 32.2 Å². The second-order valence-electron chi connectivity index (χ2n) is 3.07. The molecule has 0 unspecified atom stereocenters. The van der Waals surface area contributed by atoms with Gasteiger partial charge in [-0.15, -0.1) is 0 Å². The van der Waals surface area contributed by atoms with Crippen molar-refractivity contribution < 1.29 is 10.0 Å². The highest BCUT2D eigenvalue weighted by atomic mass is 16.4. The summed E-state index contributed by atoms with van der Waals surface area (Å²) < 4.78 is 0. The van der Waals surface area contributed by atoms with E-state index in [4.69, 9.17) is 5.21 Å². The van der Waals surface area contributed by atoms with Crippen LogP contribution in [0.15, 0.2) is 34.8 Å². The molecule has 0 aliphatic carbocycles. The van der Waals surface area contributed by atoms with E-state index in [9.17, 15) is 4.79 Å². The number of hydrogen-bond acceptors (Lipinski definition) is 5. The van der Waals surface area contributed by atoms with Crippen LogP contribution in [0.5, 0.6) is 0 Å². The van der Waals surface area contributed by atoms with E-state index in [2.05, 4.69) is 20.7 Å². The van der Waals surface area contributed by atoms with Crippen molar-refractivity contribution in [3.8, 4) is 0 Å². The standard InChI is InChI=1S/C10H12N4O2/c1-7(8(2)14-16)12-13-10(15)9-4-3-5-11-6-9/h3-6,16H,1-2H3,(H,13,15)/b12-7+,14-8+. The largest absolute Gasteiger partial charge is 0.411 e. The van der Waals surface area contributed by atoms with Gasteiger partial charge in [0.05, 0.1) is 17.0 Å². The maximum Gasteiger partial charge on any atom is 0.272 e. The van der Waals surface area contributed by atoms with Gasteiger partial charge in [-0.3, -0.25) is 9.78 Å². The van der Waals surface area contributed by atoms with Gasteiger partial charge in [-0.2, -0.15) is 5.10 Å². The van der Waals surface area contributed by atoms with Gasteiger partial charge < -0.3 is 5.21 Å². The summed E-state index contributed by atoms with van der Waals surface area (Å²) in [4.78, 5) is 15.3. The molecule has 0 saturated heterocycles. The molecule has 1 rings (SSSR count). The third-order valence-electron chi connectivity index (χ3n) is 1.92. The van der Waals surface area contributed by atoms with Crippen LogP contribution in [-0.4, -0.2) is 27.5 Å². The lowest BCUT2D eigenvalue weighted by molar-refractivity contribution is 0.0954. The monoisotopic (exact) mass is 220 g/mol. The molecule has 0 aromatic carbocycles. The first kappa shape index (κ1) is 11.8. The number of aromatic nitrogens is 1. The Labute approximate surface area is 92.7 Å². The van der Waals surface area contributed by atoms with Gasteiger partial charge in [0.2, 0.25) is 0 Å². The van der Waals surface area contributed by atoms with Crippen molar-refractivity contribution in [3.63, 3.8) is 0 Å². The summed E-state index contributed by atoms with van der Waals surface area (Å²) in [6.45, 7) is 3.20. The summed E-state index contributed by atoms with van der Waals surface area (Å²) in [7, 11) is 0. The van der Waals surface area contributed by atoms with E-state index in [0.717, 1.165) is 0 Å². The summed E-state index contributed by atoms with van der Waals surface area (Å²) in [6.07, 6.45) is 3.01. The van der Waals surface area contributed by atoms with Gasteiger partial charge in [0.15, 0.2) is 0 Å². The molecule has 0 radical (unpaired) electrons. The Morgan fingerprint density at radius 3 is 2.75 bits per heavy atom. The van der Waals surface area contributed by atoms with Gasteiger partial charge in [0.25, 0.3) is 5.91 Å². The Morgan fingerprint density at radius 2 is 2.19 bits per heavy atom. The van der Waals surface area contributed by atoms with Crippen molar-refractivity contribution in [1.82, 2.24) is 10.4 Å². The smallest absolute Gasteiger partial charge is 0.272 e. The number of rotatable bonds is 3. The maximum atomic E-state index is 11.5. The van der Waals surface area contributed by atoms with Gasteiger partial charge in [0, 0.05) is 12.4 Å². The molecule has 0 aliphatic rings. The van der Waals surface area contributed by atoms with Crippen molar-refractivity contribution in [2.24, 2.45) is 10.3 Å². The highest BCUT2D eigenvalue weighted by molar-refractivity contribution is 6.40. The zero-order chi connectivity index (χ0) is 12.0. The van der Waals surface area contributed by atoms with Crippen LogP contribution < -0.4 is 5.43 Å². The second-order valence-corrected chi connectivity index (χ2v) is 3.07. The molecule has 0 fully saturated rings. The van der Waals surface area contributed by atoms with E-state index < -0.39 is 0 Å². The highest BCUT2D eigenvalue weighted by Gasteiger charge is 2.04. The lowest BCUT2D eigenvalue weighted by atomic mass is 10.3. The molecule has 84 valence electrons. The fourth-order valence-corrected chi connectivity index (χ4v) is 0.850. The molecular formula is C10H12N4O2. The van der Waals surface area contributed by atoms with Crippen LogP contribution in [0.3, 0.4) is 0 Å². The average molecular weight is 220 g/mol. The number of carbonyl (C=O) groups excluding carboxylic acids is 1. The first-order valence-electron chi connectivity index (χ1n) is 4.59. The van der Waals surface area contributed by atoms with E-state index in [0.29, 0.717) is 17.0 Å².